The summed E-state index contributed by atoms with van der Waals surface area (Å²) in [4.78, 5) is 11.7. The van der Waals surface area contributed by atoms with E-state index >= 15 is 0 Å². The zero-order chi connectivity index (χ0) is 13.8. The van der Waals surface area contributed by atoms with Gasteiger partial charge in [-0.25, -0.2) is 0 Å². The molecule has 1 fully saturated rings. The van der Waals surface area contributed by atoms with Crippen molar-refractivity contribution >= 4 is 17.4 Å². The summed E-state index contributed by atoms with van der Waals surface area (Å²) in [6.45, 7) is 5.52. The van der Waals surface area contributed by atoms with E-state index in [4.69, 9.17) is 16.3 Å². The normalized spacial score (nSPS) is 16.2. The van der Waals surface area contributed by atoms with Crippen molar-refractivity contribution in [3.05, 3.63) is 23.0 Å². The van der Waals surface area contributed by atoms with E-state index in [1.807, 2.05) is 19.9 Å². The number of aromatic nitrogens is 1. The second kappa shape index (κ2) is 6.58. The van der Waals surface area contributed by atoms with Gasteiger partial charge in [-0.05, 0) is 32.8 Å². The van der Waals surface area contributed by atoms with E-state index in [0.717, 1.165) is 30.1 Å². The molecule has 2 rings (SSSR count). The van der Waals surface area contributed by atoms with E-state index in [1.165, 1.54) is 25.7 Å². The molecule has 1 aliphatic carbocycles. The van der Waals surface area contributed by atoms with Crippen LogP contribution < -0.4 is 0 Å². The SMILES string of the molecule is Cc1cc(C(=O)CCl)c(C)n1CCOC1CCCC1. The molecule has 1 heterocycles. The number of aryl methyl sites for hydroxylation is 1. The Kier molecular flexibility index (Phi) is 5.06. The number of ketones is 1. The van der Waals surface area contributed by atoms with Crippen LogP contribution in [-0.2, 0) is 11.3 Å². The van der Waals surface area contributed by atoms with Gasteiger partial charge in [0.15, 0.2) is 5.78 Å². The van der Waals surface area contributed by atoms with Crippen LogP contribution in [0.1, 0.15) is 47.4 Å². The fourth-order valence-electron chi connectivity index (χ4n) is 2.87. The smallest absolute Gasteiger partial charge is 0.179 e. The number of hydrogen-bond donors (Lipinski definition) is 0. The van der Waals surface area contributed by atoms with E-state index < -0.39 is 0 Å². The second-order valence-electron chi connectivity index (χ2n) is 5.27. The molecule has 1 aromatic rings. The molecule has 0 amide bonds. The Hall–Kier alpha value is -0.800. The predicted molar refractivity (Wildman–Crippen MR) is 77.2 cm³/mol. The Bertz CT molecular complexity index is 447. The van der Waals surface area contributed by atoms with Crippen LogP contribution >= 0.6 is 11.6 Å². The van der Waals surface area contributed by atoms with Gasteiger partial charge in [0.2, 0.25) is 0 Å². The Morgan fingerprint density at radius 2 is 2.11 bits per heavy atom. The van der Waals surface area contributed by atoms with E-state index in [9.17, 15) is 4.79 Å². The van der Waals surface area contributed by atoms with Crippen LogP contribution in [0.2, 0.25) is 0 Å². The third-order valence-corrected chi connectivity index (χ3v) is 4.21. The maximum Gasteiger partial charge on any atom is 0.179 e. The Labute approximate surface area is 119 Å². The fraction of sp³-hybridized carbons (Fsp3) is 0.667. The fourth-order valence-corrected chi connectivity index (χ4v) is 3.01. The van der Waals surface area contributed by atoms with Crippen molar-refractivity contribution in [3.63, 3.8) is 0 Å². The van der Waals surface area contributed by atoms with Gasteiger partial charge in [0.05, 0.1) is 18.6 Å². The van der Waals surface area contributed by atoms with Crippen LogP contribution in [0, 0.1) is 13.8 Å². The minimum Gasteiger partial charge on any atom is -0.376 e. The van der Waals surface area contributed by atoms with Gasteiger partial charge in [-0.15, -0.1) is 11.6 Å². The predicted octanol–water partition coefficient (Wildman–Crippen LogP) is 3.49. The molecule has 19 heavy (non-hydrogen) atoms. The highest BCUT2D eigenvalue weighted by atomic mass is 35.5. The number of carbonyl (C=O) groups excluding carboxylic acids is 1. The van der Waals surface area contributed by atoms with Gasteiger partial charge in [0.1, 0.15) is 0 Å². The molecule has 0 aromatic carbocycles. The van der Waals surface area contributed by atoms with Crippen molar-refractivity contribution in [1.29, 1.82) is 0 Å². The maximum atomic E-state index is 11.7. The topological polar surface area (TPSA) is 31.2 Å². The lowest BCUT2D eigenvalue weighted by molar-refractivity contribution is 0.0525. The van der Waals surface area contributed by atoms with Crippen molar-refractivity contribution in [3.8, 4) is 0 Å². The minimum absolute atomic E-state index is 0.00210. The molecule has 0 aliphatic heterocycles. The van der Waals surface area contributed by atoms with Crippen molar-refractivity contribution in [2.24, 2.45) is 0 Å². The number of ether oxygens (including phenoxy) is 1. The Balaban J connectivity index is 1.95. The number of carbonyl (C=O) groups is 1. The van der Waals surface area contributed by atoms with Crippen LogP contribution in [0.15, 0.2) is 6.07 Å². The van der Waals surface area contributed by atoms with E-state index in [-0.39, 0.29) is 11.7 Å². The Morgan fingerprint density at radius 3 is 2.74 bits per heavy atom. The third kappa shape index (κ3) is 3.40. The first kappa shape index (κ1) is 14.6. The lowest BCUT2D eigenvalue weighted by atomic mass is 10.2. The molecule has 1 saturated carbocycles. The van der Waals surface area contributed by atoms with Gasteiger partial charge in [-0.3, -0.25) is 4.79 Å². The summed E-state index contributed by atoms with van der Waals surface area (Å²) >= 11 is 5.63. The summed E-state index contributed by atoms with van der Waals surface area (Å²) < 4.78 is 8.03. The van der Waals surface area contributed by atoms with Crippen molar-refractivity contribution in [1.82, 2.24) is 4.57 Å². The van der Waals surface area contributed by atoms with Gasteiger partial charge in [-0.2, -0.15) is 0 Å². The molecule has 3 nitrogen and oxygen atoms in total. The molecule has 1 aliphatic rings. The molecule has 0 radical (unpaired) electrons. The van der Waals surface area contributed by atoms with Gasteiger partial charge in [0.25, 0.3) is 0 Å². The first-order valence-electron chi connectivity index (χ1n) is 7.01. The lowest BCUT2D eigenvalue weighted by Gasteiger charge is -2.14. The molecule has 0 unspecified atom stereocenters. The van der Waals surface area contributed by atoms with Crippen LogP contribution in [0.3, 0.4) is 0 Å². The highest BCUT2D eigenvalue weighted by molar-refractivity contribution is 6.30. The number of rotatable bonds is 6. The molecule has 0 spiro atoms. The number of hydrogen-bond acceptors (Lipinski definition) is 2. The monoisotopic (exact) mass is 283 g/mol. The zero-order valence-corrected chi connectivity index (χ0v) is 12.5. The van der Waals surface area contributed by atoms with Crippen LogP contribution in [0.5, 0.6) is 0 Å². The maximum absolute atomic E-state index is 11.7. The first-order chi connectivity index (χ1) is 9.13. The molecule has 0 atom stereocenters. The summed E-state index contributed by atoms with van der Waals surface area (Å²) in [6, 6.07) is 1.93. The van der Waals surface area contributed by atoms with Crippen molar-refractivity contribution in [2.45, 2.75) is 52.2 Å². The summed E-state index contributed by atoms with van der Waals surface area (Å²) in [5, 5.41) is 0. The summed E-state index contributed by atoms with van der Waals surface area (Å²) in [5.74, 6) is 0.0424. The lowest BCUT2D eigenvalue weighted by Crippen LogP contribution is -2.15. The average Bonchev–Trinajstić information content (AvgIpc) is 3.00. The number of alkyl halides is 1. The highest BCUT2D eigenvalue weighted by Crippen LogP contribution is 2.21. The molecule has 0 bridgehead atoms. The molecule has 1 aromatic heterocycles. The molecular weight excluding hydrogens is 262 g/mol. The molecule has 106 valence electrons. The van der Waals surface area contributed by atoms with Crippen molar-refractivity contribution in [2.75, 3.05) is 12.5 Å². The second-order valence-corrected chi connectivity index (χ2v) is 5.54. The quantitative estimate of drug-likeness (QED) is 0.591. The molecular formula is C15H22ClNO2. The van der Waals surface area contributed by atoms with Gasteiger partial charge < -0.3 is 9.30 Å². The van der Waals surface area contributed by atoms with Crippen molar-refractivity contribution < 1.29 is 9.53 Å². The minimum atomic E-state index is -0.00210. The largest absolute Gasteiger partial charge is 0.376 e. The summed E-state index contributed by atoms with van der Waals surface area (Å²) in [6.07, 6.45) is 5.42. The summed E-state index contributed by atoms with van der Waals surface area (Å²) in [5.41, 5.74) is 2.84. The molecule has 4 heteroatoms. The number of nitrogens with zero attached hydrogens (tertiary/aromatic N) is 1. The third-order valence-electron chi connectivity index (χ3n) is 3.97. The number of Topliss-reactive ketones (excluding diaryl/α,β-unsaturated/α-hetero) is 1. The first-order valence-corrected chi connectivity index (χ1v) is 7.54. The van der Waals surface area contributed by atoms with Crippen LogP contribution in [0.25, 0.3) is 0 Å². The number of halogens is 1. The zero-order valence-electron chi connectivity index (χ0n) is 11.7. The average molecular weight is 284 g/mol. The van der Waals surface area contributed by atoms with E-state index in [0.29, 0.717) is 6.10 Å². The van der Waals surface area contributed by atoms with Gasteiger partial charge in [0, 0.05) is 23.5 Å². The highest BCUT2D eigenvalue weighted by Gasteiger charge is 2.17. The molecule has 0 N–H and O–H groups in total. The van der Waals surface area contributed by atoms with E-state index in [2.05, 4.69) is 4.57 Å². The Morgan fingerprint density at radius 1 is 1.42 bits per heavy atom. The standard InChI is InChI=1S/C15H22ClNO2/c1-11-9-14(15(18)10-16)12(2)17(11)7-8-19-13-5-3-4-6-13/h9,13H,3-8,10H2,1-2H3. The van der Waals surface area contributed by atoms with Crippen LogP contribution in [0.4, 0.5) is 0 Å². The van der Waals surface area contributed by atoms with Gasteiger partial charge in [-0.1, -0.05) is 12.8 Å². The summed E-state index contributed by atoms with van der Waals surface area (Å²) in [7, 11) is 0. The molecule has 0 saturated heterocycles. The van der Waals surface area contributed by atoms with Gasteiger partial charge >= 0.3 is 0 Å². The van der Waals surface area contributed by atoms with E-state index in [1.54, 1.807) is 0 Å². The van der Waals surface area contributed by atoms with Crippen LogP contribution in [-0.4, -0.2) is 28.9 Å².